The van der Waals surface area contributed by atoms with Gasteiger partial charge in [0.1, 0.15) is 0 Å². The predicted octanol–water partition coefficient (Wildman–Crippen LogP) is 3.79. The lowest BCUT2D eigenvalue weighted by atomic mass is 9.45. The van der Waals surface area contributed by atoms with Gasteiger partial charge >= 0.3 is 0 Å². The van der Waals surface area contributed by atoms with E-state index >= 15 is 0 Å². The molecule has 1 N–H and O–H groups in total. The molecule has 25 heavy (non-hydrogen) atoms. The third kappa shape index (κ3) is 2.14. The summed E-state index contributed by atoms with van der Waals surface area (Å²) in [6.07, 6.45) is 9.17. The van der Waals surface area contributed by atoms with E-state index in [1.54, 1.807) is 6.08 Å². The predicted molar refractivity (Wildman–Crippen MR) is 93.2 cm³/mol. The molecule has 0 saturated heterocycles. The lowest BCUT2D eigenvalue weighted by Crippen LogP contribution is -2.62. The normalized spacial score (nSPS) is 47.7. The van der Waals surface area contributed by atoms with Crippen LogP contribution >= 0.6 is 0 Å². The summed E-state index contributed by atoms with van der Waals surface area (Å²) < 4.78 is 0. The summed E-state index contributed by atoms with van der Waals surface area (Å²) >= 11 is 0. The SMILES string of the molecule is C[C@]12CCC(=O)C=C1CC[C@H]1[C@@H]3CCC(=C[N+](=O)[O-])[C@@]3(C)CC[C@]12O. The fourth-order valence-corrected chi connectivity index (χ4v) is 6.69. The molecule has 4 aliphatic rings. The molecule has 0 spiro atoms. The van der Waals surface area contributed by atoms with E-state index in [1.807, 2.05) is 0 Å². The topological polar surface area (TPSA) is 80.4 Å². The maximum absolute atomic E-state index is 11.9. The Kier molecular flexibility index (Phi) is 3.56. The van der Waals surface area contributed by atoms with Gasteiger partial charge in [-0.05, 0) is 68.3 Å². The molecule has 4 aliphatic carbocycles. The van der Waals surface area contributed by atoms with Crippen LogP contribution in [0.4, 0.5) is 0 Å². The second-order valence-corrected chi connectivity index (χ2v) is 9.04. The fourth-order valence-electron chi connectivity index (χ4n) is 6.69. The summed E-state index contributed by atoms with van der Waals surface area (Å²) in [6, 6.07) is 0. The number of fused-ring (bicyclic) bond motifs is 5. The van der Waals surface area contributed by atoms with Crippen molar-refractivity contribution in [1.29, 1.82) is 0 Å². The number of allylic oxidation sites excluding steroid dienone is 1. The molecular formula is C20H27NO4. The molecule has 0 aromatic carbocycles. The van der Waals surface area contributed by atoms with Gasteiger partial charge in [0.2, 0.25) is 6.20 Å². The molecule has 3 fully saturated rings. The van der Waals surface area contributed by atoms with Gasteiger partial charge in [-0.3, -0.25) is 14.9 Å². The minimum absolute atomic E-state index is 0.161. The second-order valence-electron chi connectivity index (χ2n) is 9.04. The summed E-state index contributed by atoms with van der Waals surface area (Å²) in [7, 11) is 0. The van der Waals surface area contributed by atoms with Gasteiger partial charge in [0, 0.05) is 17.4 Å². The number of rotatable bonds is 1. The number of ketones is 1. The van der Waals surface area contributed by atoms with Crippen molar-refractivity contribution in [3.8, 4) is 0 Å². The Morgan fingerprint density at radius 3 is 2.60 bits per heavy atom. The van der Waals surface area contributed by atoms with Gasteiger partial charge in [-0.15, -0.1) is 0 Å². The maximum atomic E-state index is 11.9. The van der Waals surface area contributed by atoms with Gasteiger partial charge in [0.05, 0.1) is 10.5 Å². The average Bonchev–Trinajstić information content (AvgIpc) is 2.86. The molecule has 5 atom stereocenters. The quantitative estimate of drug-likeness (QED) is 0.579. The Hall–Kier alpha value is -1.49. The molecule has 0 radical (unpaired) electrons. The van der Waals surface area contributed by atoms with Crippen molar-refractivity contribution >= 4 is 5.78 Å². The fraction of sp³-hybridized carbons (Fsp3) is 0.750. The van der Waals surface area contributed by atoms with Gasteiger partial charge in [-0.2, -0.15) is 0 Å². The van der Waals surface area contributed by atoms with Crippen LogP contribution in [-0.4, -0.2) is 21.4 Å². The highest BCUT2D eigenvalue weighted by Gasteiger charge is 2.65. The van der Waals surface area contributed by atoms with Crippen molar-refractivity contribution in [3.63, 3.8) is 0 Å². The average molecular weight is 345 g/mol. The monoisotopic (exact) mass is 345 g/mol. The summed E-state index contributed by atoms with van der Waals surface area (Å²) in [4.78, 5) is 22.6. The molecule has 4 rings (SSSR count). The summed E-state index contributed by atoms with van der Waals surface area (Å²) in [5.74, 6) is 0.653. The number of carbonyl (C=O) groups is 1. The van der Waals surface area contributed by atoms with E-state index in [-0.39, 0.29) is 27.5 Å². The highest BCUT2D eigenvalue weighted by atomic mass is 16.6. The zero-order valence-corrected chi connectivity index (χ0v) is 15.1. The molecule has 0 heterocycles. The Bertz CT molecular complexity index is 710. The van der Waals surface area contributed by atoms with Crippen LogP contribution in [0.2, 0.25) is 0 Å². The van der Waals surface area contributed by atoms with E-state index in [0.717, 1.165) is 49.7 Å². The lowest BCUT2D eigenvalue weighted by molar-refractivity contribution is -0.404. The number of nitrogens with zero attached hydrogens (tertiary/aromatic N) is 1. The zero-order valence-electron chi connectivity index (χ0n) is 15.1. The summed E-state index contributed by atoms with van der Waals surface area (Å²) in [5, 5.41) is 22.9. The molecule has 0 bridgehead atoms. The van der Waals surface area contributed by atoms with Crippen LogP contribution in [0, 0.1) is 32.8 Å². The van der Waals surface area contributed by atoms with Crippen molar-refractivity contribution in [3.05, 3.63) is 33.5 Å². The zero-order chi connectivity index (χ0) is 18.0. The number of nitro groups is 1. The van der Waals surface area contributed by atoms with Gasteiger partial charge in [-0.1, -0.05) is 19.4 Å². The molecule has 136 valence electrons. The molecule has 0 aliphatic heterocycles. The molecule has 5 nitrogen and oxygen atoms in total. The van der Waals surface area contributed by atoms with Crippen LogP contribution in [0.15, 0.2) is 23.4 Å². The minimum Gasteiger partial charge on any atom is -0.389 e. The number of hydrogen-bond acceptors (Lipinski definition) is 4. The van der Waals surface area contributed by atoms with E-state index in [2.05, 4.69) is 13.8 Å². The van der Waals surface area contributed by atoms with Gasteiger partial charge in [0.15, 0.2) is 5.78 Å². The van der Waals surface area contributed by atoms with Crippen LogP contribution in [0.25, 0.3) is 0 Å². The van der Waals surface area contributed by atoms with Crippen molar-refractivity contribution in [2.24, 2.45) is 22.7 Å². The highest BCUT2D eigenvalue weighted by Crippen LogP contribution is 2.68. The lowest BCUT2D eigenvalue weighted by Gasteiger charge is -2.62. The van der Waals surface area contributed by atoms with Gasteiger partial charge in [-0.25, -0.2) is 0 Å². The molecule has 0 aromatic heterocycles. The van der Waals surface area contributed by atoms with Crippen LogP contribution in [0.1, 0.15) is 65.2 Å². The summed E-state index contributed by atoms with van der Waals surface area (Å²) in [5.41, 5.74) is 0.818. The molecular weight excluding hydrogens is 318 g/mol. The Morgan fingerprint density at radius 2 is 1.88 bits per heavy atom. The standard InChI is InChI=1S/C20H27NO4/c1-18-9-10-20(23)17(16(18)5-4-14(18)12-21(24)25)6-3-13-11-15(22)7-8-19(13,20)2/h11-12,16-17,23H,3-10H2,1-2H3/t16-,17-,18+,19-,20-/m0/s1. The van der Waals surface area contributed by atoms with Crippen LogP contribution < -0.4 is 0 Å². The van der Waals surface area contributed by atoms with E-state index in [1.165, 1.54) is 6.20 Å². The third-order valence-corrected chi connectivity index (χ3v) is 8.26. The largest absolute Gasteiger partial charge is 0.389 e. The van der Waals surface area contributed by atoms with Crippen LogP contribution in [0.5, 0.6) is 0 Å². The third-order valence-electron chi connectivity index (χ3n) is 8.26. The van der Waals surface area contributed by atoms with E-state index in [4.69, 9.17) is 0 Å². The van der Waals surface area contributed by atoms with Crippen molar-refractivity contribution in [1.82, 2.24) is 0 Å². The molecule has 0 amide bonds. The molecule has 0 unspecified atom stereocenters. The first-order chi connectivity index (χ1) is 11.7. The Morgan fingerprint density at radius 1 is 1.16 bits per heavy atom. The second kappa shape index (κ2) is 5.26. The van der Waals surface area contributed by atoms with Crippen molar-refractivity contribution in [2.45, 2.75) is 70.8 Å². The molecule has 5 heteroatoms. The molecule has 0 aromatic rings. The molecule has 3 saturated carbocycles. The van der Waals surface area contributed by atoms with Crippen LogP contribution in [0.3, 0.4) is 0 Å². The first kappa shape index (κ1) is 17.0. The maximum Gasteiger partial charge on any atom is 0.234 e. The number of hydrogen-bond donors (Lipinski definition) is 1. The Balaban J connectivity index is 1.73. The Labute approximate surface area is 148 Å². The first-order valence-corrected chi connectivity index (χ1v) is 9.52. The highest BCUT2D eigenvalue weighted by molar-refractivity contribution is 5.91. The smallest absolute Gasteiger partial charge is 0.234 e. The minimum atomic E-state index is -0.786. The van der Waals surface area contributed by atoms with E-state index in [0.29, 0.717) is 18.8 Å². The van der Waals surface area contributed by atoms with Gasteiger partial charge < -0.3 is 5.11 Å². The summed E-state index contributed by atoms with van der Waals surface area (Å²) in [6.45, 7) is 4.31. The van der Waals surface area contributed by atoms with E-state index < -0.39 is 5.60 Å². The van der Waals surface area contributed by atoms with E-state index in [9.17, 15) is 20.0 Å². The van der Waals surface area contributed by atoms with Gasteiger partial charge in [0.25, 0.3) is 0 Å². The number of carbonyl (C=O) groups excluding carboxylic acids is 1. The number of aliphatic hydroxyl groups is 1. The van der Waals surface area contributed by atoms with Crippen molar-refractivity contribution in [2.75, 3.05) is 0 Å². The first-order valence-electron chi connectivity index (χ1n) is 9.52. The van der Waals surface area contributed by atoms with Crippen LogP contribution in [-0.2, 0) is 4.79 Å². The van der Waals surface area contributed by atoms with Crippen molar-refractivity contribution < 1.29 is 14.8 Å².